The van der Waals surface area contributed by atoms with Crippen LogP contribution in [-0.4, -0.2) is 30.4 Å². The van der Waals surface area contributed by atoms with Crippen molar-refractivity contribution in [1.29, 1.82) is 0 Å². The lowest BCUT2D eigenvalue weighted by molar-refractivity contribution is 0.0676. The molecule has 26 heavy (non-hydrogen) atoms. The fourth-order valence-electron chi connectivity index (χ4n) is 4.10. The van der Waals surface area contributed by atoms with Crippen LogP contribution in [0.5, 0.6) is 0 Å². The lowest BCUT2D eigenvalue weighted by Gasteiger charge is -2.28. The third-order valence-electron chi connectivity index (χ3n) is 5.12. The molecule has 0 radical (unpaired) electrons. The second-order valence-electron chi connectivity index (χ2n) is 6.81. The number of likely N-dealkylation sites (tertiary alicyclic amines) is 1. The summed E-state index contributed by atoms with van der Waals surface area (Å²) in [5.74, 6) is 0.348. The summed E-state index contributed by atoms with van der Waals surface area (Å²) in [5, 5.41) is 3.35. The highest BCUT2D eigenvalue weighted by Gasteiger charge is 2.47. The molecule has 2 aromatic rings. The van der Waals surface area contributed by atoms with Gasteiger partial charge in [0.25, 0.3) is 5.91 Å². The predicted octanol–water partition coefficient (Wildman–Crippen LogP) is 2.54. The van der Waals surface area contributed by atoms with Crippen molar-refractivity contribution in [2.75, 3.05) is 19.6 Å². The number of nitrogens with one attached hydrogen (secondary N) is 1. The monoisotopic (exact) mass is 378 g/mol. The molecule has 0 unspecified atom stereocenters. The van der Waals surface area contributed by atoms with Gasteiger partial charge in [-0.3, -0.25) is 9.59 Å². The minimum Gasteiger partial charge on any atom is -0.456 e. The SMILES string of the molecule is Cc1cc(=O)cc(C(=O)N2C[C@@H]3CNC[C@@H]3[C@@H]2c2cccc(F)c2)o1.Cl. The molecule has 2 aliphatic rings. The Morgan fingerprint density at radius 2 is 2.08 bits per heavy atom. The van der Waals surface area contributed by atoms with Gasteiger partial charge in [-0.05, 0) is 30.5 Å². The molecule has 0 aliphatic carbocycles. The first-order valence-electron chi connectivity index (χ1n) is 8.42. The van der Waals surface area contributed by atoms with E-state index in [-0.39, 0.29) is 47.3 Å². The highest BCUT2D eigenvalue weighted by molar-refractivity contribution is 5.92. The van der Waals surface area contributed by atoms with Crippen molar-refractivity contribution in [1.82, 2.24) is 10.2 Å². The fraction of sp³-hybridized carbons (Fsp3) is 0.368. The van der Waals surface area contributed by atoms with E-state index in [1.807, 2.05) is 6.07 Å². The van der Waals surface area contributed by atoms with E-state index in [1.165, 1.54) is 24.3 Å². The molecule has 0 bridgehead atoms. The molecule has 0 spiro atoms. The maximum absolute atomic E-state index is 13.7. The summed E-state index contributed by atoms with van der Waals surface area (Å²) in [6.07, 6.45) is 0. The standard InChI is InChI=1S/C19H19FN2O3.ClH/c1-11-5-15(23)7-17(25-11)19(24)22-10-13-8-21-9-16(13)18(22)12-3-2-4-14(20)6-12;/h2-7,13,16,18,21H,8-10H2,1H3;1H/t13-,16-,18-;/m0./s1. The first-order chi connectivity index (χ1) is 12.0. The normalized spacial score (nSPS) is 24.2. The van der Waals surface area contributed by atoms with Gasteiger partial charge in [-0.15, -0.1) is 12.4 Å². The average Bonchev–Trinajstić information content (AvgIpc) is 3.13. The number of carbonyl (C=O) groups excluding carboxylic acids is 1. The molecular formula is C19H20ClFN2O3. The van der Waals surface area contributed by atoms with Gasteiger partial charge in [0.1, 0.15) is 11.6 Å². The van der Waals surface area contributed by atoms with Crippen molar-refractivity contribution in [3.63, 3.8) is 0 Å². The molecule has 3 heterocycles. The van der Waals surface area contributed by atoms with Gasteiger partial charge in [-0.1, -0.05) is 12.1 Å². The summed E-state index contributed by atoms with van der Waals surface area (Å²) in [6, 6.07) is 8.74. The molecule has 3 atom stereocenters. The van der Waals surface area contributed by atoms with Crippen molar-refractivity contribution in [3.05, 3.63) is 69.5 Å². The number of rotatable bonds is 2. The van der Waals surface area contributed by atoms with Gasteiger partial charge < -0.3 is 14.6 Å². The first kappa shape index (κ1) is 18.6. The number of halogens is 2. The molecule has 1 amide bonds. The van der Waals surface area contributed by atoms with Gasteiger partial charge in [-0.2, -0.15) is 0 Å². The molecule has 5 nitrogen and oxygen atoms in total. The molecule has 7 heteroatoms. The number of amides is 1. The number of nitrogens with zero attached hydrogens (tertiary/aromatic N) is 1. The van der Waals surface area contributed by atoms with E-state index in [0.29, 0.717) is 18.2 Å². The van der Waals surface area contributed by atoms with Crippen LogP contribution < -0.4 is 10.7 Å². The third kappa shape index (κ3) is 3.27. The molecule has 2 fully saturated rings. The summed E-state index contributed by atoms with van der Waals surface area (Å²) in [5.41, 5.74) is 0.523. The van der Waals surface area contributed by atoms with Crippen LogP contribution in [0.15, 0.2) is 45.6 Å². The van der Waals surface area contributed by atoms with Gasteiger partial charge in [0, 0.05) is 37.7 Å². The topological polar surface area (TPSA) is 62.6 Å². The zero-order chi connectivity index (χ0) is 17.6. The Kier molecular flexibility index (Phi) is 5.16. The van der Waals surface area contributed by atoms with E-state index < -0.39 is 0 Å². The summed E-state index contributed by atoms with van der Waals surface area (Å²) in [4.78, 5) is 26.5. The van der Waals surface area contributed by atoms with Gasteiger partial charge in [0.2, 0.25) is 0 Å². The van der Waals surface area contributed by atoms with E-state index in [9.17, 15) is 14.0 Å². The van der Waals surface area contributed by atoms with E-state index in [2.05, 4.69) is 5.32 Å². The largest absolute Gasteiger partial charge is 0.456 e. The molecule has 4 rings (SSSR count). The van der Waals surface area contributed by atoms with Crippen LogP contribution in [0.1, 0.15) is 27.9 Å². The Labute approximate surface area is 156 Å². The smallest absolute Gasteiger partial charge is 0.290 e. The van der Waals surface area contributed by atoms with Gasteiger partial charge >= 0.3 is 0 Å². The van der Waals surface area contributed by atoms with Crippen molar-refractivity contribution >= 4 is 18.3 Å². The van der Waals surface area contributed by atoms with Crippen LogP contribution in [0, 0.1) is 24.6 Å². The zero-order valence-electron chi connectivity index (χ0n) is 14.3. The number of carbonyl (C=O) groups is 1. The number of aryl methyl sites for hydroxylation is 1. The van der Waals surface area contributed by atoms with Crippen LogP contribution in [0.4, 0.5) is 4.39 Å². The second kappa shape index (κ2) is 7.21. The van der Waals surface area contributed by atoms with Crippen molar-refractivity contribution < 1.29 is 13.6 Å². The van der Waals surface area contributed by atoms with E-state index in [0.717, 1.165) is 18.7 Å². The van der Waals surface area contributed by atoms with Crippen molar-refractivity contribution in [2.45, 2.75) is 13.0 Å². The molecule has 1 aromatic carbocycles. The molecular weight excluding hydrogens is 359 g/mol. The molecule has 2 saturated heterocycles. The van der Waals surface area contributed by atoms with Crippen LogP contribution in [-0.2, 0) is 0 Å². The van der Waals surface area contributed by atoms with E-state index in [1.54, 1.807) is 17.9 Å². The van der Waals surface area contributed by atoms with Crippen LogP contribution >= 0.6 is 12.4 Å². The number of hydrogen-bond donors (Lipinski definition) is 1. The highest BCUT2D eigenvalue weighted by atomic mass is 35.5. The Balaban J connectivity index is 0.00000196. The second-order valence-corrected chi connectivity index (χ2v) is 6.81. The number of benzene rings is 1. The lowest BCUT2D eigenvalue weighted by Crippen LogP contribution is -2.35. The summed E-state index contributed by atoms with van der Waals surface area (Å²) in [6.45, 7) is 3.83. The molecule has 1 N–H and O–H groups in total. The quantitative estimate of drug-likeness (QED) is 0.872. The van der Waals surface area contributed by atoms with Crippen molar-refractivity contribution in [3.8, 4) is 0 Å². The van der Waals surface area contributed by atoms with Crippen molar-refractivity contribution in [2.24, 2.45) is 11.8 Å². The zero-order valence-corrected chi connectivity index (χ0v) is 15.1. The summed E-state index contributed by atoms with van der Waals surface area (Å²) in [7, 11) is 0. The minimum atomic E-state index is -0.318. The Hall–Kier alpha value is -2.18. The predicted molar refractivity (Wildman–Crippen MR) is 97.0 cm³/mol. The average molecular weight is 379 g/mol. The van der Waals surface area contributed by atoms with E-state index >= 15 is 0 Å². The van der Waals surface area contributed by atoms with Crippen LogP contribution in [0.25, 0.3) is 0 Å². The Morgan fingerprint density at radius 3 is 2.81 bits per heavy atom. The third-order valence-corrected chi connectivity index (χ3v) is 5.12. The highest BCUT2D eigenvalue weighted by Crippen LogP contribution is 2.43. The lowest BCUT2D eigenvalue weighted by atomic mass is 9.89. The Bertz CT molecular complexity index is 885. The Morgan fingerprint density at radius 1 is 1.27 bits per heavy atom. The number of fused-ring (bicyclic) bond motifs is 1. The minimum absolute atomic E-state index is 0. The maximum atomic E-state index is 13.7. The van der Waals surface area contributed by atoms with E-state index in [4.69, 9.17) is 4.42 Å². The maximum Gasteiger partial charge on any atom is 0.290 e. The van der Waals surface area contributed by atoms with Gasteiger partial charge in [0.15, 0.2) is 11.2 Å². The molecule has 138 valence electrons. The molecule has 2 aliphatic heterocycles. The van der Waals surface area contributed by atoms with Gasteiger partial charge in [0.05, 0.1) is 6.04 Å². The number of hydrogen-bond acceptors (Lipinski definition) is 4. The fourth-order valence-corrected chi connectivity index (χ4v) is 4.10. The summed E-state index contributed by atoms with van der Waals surface area (Å²) >= 11 is 0. The first-order valence-corrected chi connectivity index (χ1v) is 8.42. The van der Waals surface area contributed by atoms with Gasteiger partial charge in [-0.25, -0.2) is 4.39 Å². The van der Waals surface area contributed by atoms with Crippen LogP contribution in [0.2, 0.25) is 0 Å². The molecule has 1 aromatic heterocycles. The summed E-state index contributed by atoms with van der Waals surface area (Å²) < 4.78 is 19.2. The molecule has 0 saturated carbocycles. The van der Waals surface area contributed by atoms with Crippen LogP contribution in [0.3, 0.4) is 0 Å².